The molecule has 0 aliphatic heterocycles. The summed E-state index contributed by atoms with van der Waals surface area (Å²) in [5.41, 5.74) is 5.37. The Hall–Kier alpha value is -2.52. The van der Waals surface area contributed by atoms with Crippen LogP contribution in [0.15, 0.2) is 36.4 Å². The van der Waals surface area contributed by atoms with Crippen LogP contribution in [0.1, 0.15) is 42.6 Å². The van der Waals surface area contributed by atoms with Gasteiger partial charge in [-0.1, -0.05) is 18.5 Å². The van der Waals surface area contributed by atoms with Crippen LogP contribution >= 0.6 is 11.6 Å². The molecule has 2 aromatic carbocycles. The maximum atomic E-state index is 14.4. The number of halogens is 3. The zero-order chi connectivity index (χ0) is 22.9. The average Bonchev–Trinajstić information content (AvgIpc) is 2.62. The molecular formula is C20H22ClF2N3O3S. The van der Waals surface area contributed by atoms with Gasteiger partial charge >= 0.3 is 0 Å². The van der Waals surface area contributed by atoms with Gasteiger partial charge in [-0.05, 0) is 61.7 Å². The summed E-state index contributed by atoms with van der Waals surface area (Å²) in [6.45, 7) is 4.13. The van der Waals surface area contributed by atoms with Crippen molar-refractivity contribution in [2.24, 2.45) is 5.73 Å². The highest BCUT2D eigenvalue weighted by atomic mass is 35.5. The van der Waals surface area contributed by atoms with E-state index in [0.717, 1.165) is 12.1 Å². The topological polar surface area (TPSA) is 113 Å². The summed E-state index contributed by atoms with van der Waals surface area (Å²) >= 11 is 5.68. The third-order valence-corrected chi connectivity index (χ3v) is 7.80. The zero-order valence-electron chi connectivity index (χ0n) is 16.6. The fraction of sp³-hybridized carbons (Fsp3) is 0.300. The second-order valence-electron chi connectivity index (χ2n) is 7.42. The molecule has 0 heterocycles. The Balaban J connectivity index is 2.28. The van der Waals surface area contributed by atoms with Gasteiger partial charge in [0, 0.05) is 10.7 Å². The van der Waals surface area contributed by atoms with Crippen molar-refractivity contribution in [2.75, 3.05) is 11.1 Å². The van der Waals surface area contributed by atoms with E-state index in [9.17, 15) is 22.0 Å². The summed E-state index contributed by atoms with van der Waals surface area (Å²) < 4.78 is 52.0. The first-order chi connectivity index (χ1) is 13.8. The molecule has 1 atom stereocenters. The molecular weight excluding hydrogens is 436 g/mol. The van der Waals surface area contributed by atoms with Crippen molar-refractivity contribution in [1.82, 2.24) is 0 Å². The maximum absolute atomic E-state index is 14.4. The molecule has 0 bridgehead atoms. The quantitative estimate of drug-likeness (QED) is 0.429. The van der Waals surface area contributed by atoms with Crippen LogP contribution in [0.4, 0.5) is 14.5 Å². The number of nitrogens with two attached hydrogens (primary N) is 1. The van der Waals surface area contributed by atoms with Gasteiger partial charge in [0.25, 0.3) is 5.91 Å². The average molecular weight is 458 g/mol. The van der Waals surface area contributed by atoms with Gasteiger partial charge in [-0.15, -0.1) is 0 Å². The van der Waals surface area contributed by atoms with Crippen molar-refractivity contribution in [1.29, 1.82) is 5.41 Å². The molecule has 0 aromatic heterocycles. The summed E-state index contributed by atoms with van der Waals surface area (Å²) in [5.74, 6) is -4.00. The van der Waals surface area contributed by atoms with Crippen LogP contribution in [0, 0.1) is 17.0 Å². The number of nitrogens with one attached hydrogen (secondary N) is 2. The van der Waals surface area contributed by atoms with Crippen LogP contribution in [0.5, 0.6) is 0 Å². The van der Waals surface area contributed by atoms with Gasteiger partial charge in [0.15, 0.2) is 9.84 Å². The highest BCUT2D eigenvalue weighted by molar-refractivity contribution is 7.93. The molecule has 0 spiro atoms. The minimum Gasteiger partial charge on any atom is -0.386 e. The Morgan fingerprint density at radius 2 is 1.83 bits per heavy atom. The second-order valence-corrected chi connectivity index (χ2v) is 10.4. The minimum absolute atomic E-state index is 0.0484. The van der Waals surface area contributed by atoms with Gasteiger partial charge in [0.1, 0.15) is 22.2 Å². The highest BCUT2D eigenvalue weighted by Crippen LogP contribution is 2.28. The fourth-order valence-electron chi connectivity index (χ4n) is 2.67. The Bertz CT molecular complexity index is 1100. The Morgan fingerprint density at radius 3 is 2.40 bits per heavy atom. The van der Waals surface area contributed by atoms with Crippen LogP contribution in [0.2, 0.25) is 5.02 Å². The van der Waals surface area contributed by atoms with E-state index in [0.29, 0.717) is 0 Å². The van der Waals surface area contributed by atoms with Crippen molar-refractivity contribution in [3.63, 3.8) is 0 Å². The van der Waals surface area contributed by atoms with Crippen molar-refractivity contribution in [3.8, 4) is 0 Å². The highest BCUT2D eigenvalue weighted by Gasteiger charge is 2.38. The number of carbonyl (C=O) groups is 1. The summed E-state index contributed by atoms with van der Waals surface area (Å²) in [5, 5.41) is 10.1. The lowest BCUT2D eigenvalue weighted by atomic mass is 10.0. The molecule has 2 rings (SSSR count). The van der Waals surface area contributed by atoms with Gasteiger partial charge in [-0.2, -0.15) is 0 Å². The van der Waals surface area contributed by atoms with E-state index in [1.165, 1.54) is 45.0 Å². The van der Waals surface area contributed by atoms with Gasteiger partial charge in [-0.25, -0.2) is 17.2 Å². The van der Waals surface area contributed by atoms with Crippen molar-refractivity contribution >= 4 is 38.9 Å². The monoisotopic (exact) mass is 457 g/mol. The summed E-state index contributed by atoms with van der Waals surface area (Å²) in [7, 11) is -3.88. The van der Waals surface area contributed by atoms with Gasteiger partial charge in [0.2, 0.25) is 0 Å². The Kier molecular flexibility index (Phi) is 6.88. The molecule has 0 radical (unpaired) electrons. The van der Waals surface area contributed by atoms with Crippen molar-refractivity contribution < 1.29 is 22.0 Å². The second kappa shape index (κ2) is 8.69. The molecule has 1 unspecified atom stereocenters. The number of benzene rings is 2. The first kappa shape index (κ1) is 23.8. The first-order valence-electron chi connectivity index (χ1n) is 8.89. The van der Waals surface area contributed by atoms with Gasteiger partial charge in [0.05, 0.1) is 11.3 Å². The standard InChI is InChI=1S/C20H22ClF2N3O3S/c1-11(10-30(28,29)20(2,3)19(24)25)15-9-13(5-7-16(15)22)26-18(27)14-6-4-12(21)8-17(14)23/h4-9,11H,10H2,1-3H3,(H3,24,25)(H,26,27). The summed E-state index contributed by atoms with van der Waals surface area (Å²) in [6, 6.07) is 7.24. The predicted octanol–water partition coefficient (Wildman–Crippen LogP) is 4.10. The maximum Gasteiger partial charge on any atom is 0.258 e. The number of amides is 1. The smallest absolute Gasteiger partial charge is 0.258 e. The molecule has 0 fully saturated rings. The largest absolute Gasteiger partial charge is 0.386 e. The van der Waals surface area contributed by atoms with E-state index in [1.54, 1.807) is 0 Å². The number of amidine groups is 1. The molecule has 6 nitrogen and oxygen atoms in total. The fourth-order valence-corrected chi connectivity index (χ4v) is 4.41. The van der Waals surface area contributed by atoms with E-state index < -0.39 is 49.6 Å². The molecule has 30 heavy (non-hydrogen) atoms. The lowest BCUT2D eigenvalue weighted by molar-refractivity contribution is 0.102. The molecule has 162 valence electrons. The molecule has 10 heteroatoms. The van der Waals surface area contributed by atoms with Crippen LogP contribution in [0.25, 0.3) is 0 Å². The molecule has 1 amide bonds. The van der Waals surface area contributed by atoms with Crippen LogP contribution < -0.4 is 11.1 Å². The van der Waals surface area contributed by atoms with Gasteiger partial charge in [-0.3, -0.25) is 10.2 Å². The van der Waals surface area contributed by atoms with E-state index >= 15 is 0 Å². The minimum atomic E-state index is -3.88. The van der Waals surface area contributed by atoms with Crippen LogP contribution in [-0.2, 0) is 9.84 Å². The SMILES string of the molecule is CC(CS(=O)(=O)C(C)(C)C(=N)N)c1cc(NC(=O)c2ccc(Cl)cc2F)ccc1F. The third-order valence-electron chi connectivity index (χ3n) is 4.86. The molecule has 0 saturated carbocycles. The number of rotatable bonds is 7. The third kappa shape index (κ3) is 4.96. The lowest BCUT2D eigenvalue weighted by Crippen LogP contribution is -2.46. The lowest BCUT2D eigenvalue weighted by Gasteiger charge is -2.25. The van der Waals surface area contributed by atoms with Crippen molar-refractivity contribution in [2.45, 2.75) is 31.4 Å². The van der Waals surface area contributed by atoms with Gasteiger partial charge < -0.3 is 11.1 Å². The Morgan fingerprint density at radius 1 is 1.20 bits per heavy atom. The number of carbonyl (C=O) groups excluding carboxylic acids is 1. The van der Waals surface area contributed by atoms with Crippen molar-refractivity contribution in [3.05, 3.63) is 64.2 Å². The molecule has 0 saturated heterocycles. The number of hydrogen-bond donors (Lipinski definition) is 3. The van der Waals surface area contributed by atoms with E-state index in [2.05, 4.69) is 5.32 Å². The normalized spacial score (nSPS) is 13.0. The predicted molar refractivity (Wildman–Crippen MR) is 114 cm³/mol. The van der Waals surface area contributed by atoms with E-state index in [4.69, 9.17) is 22.7 Å². The Labute approximate surface area is 178 Å². The van der Waals surface area contributed by atoms with Crippen LogP contribution in [-0.4, -0.2) is 30.7 Å². The summed E-state index contributed by atoms with van der Waals surface area (Å²) in [6.07, 6.45) is 0. The molecule has 4 N–H and O–H groups in total. The van der Waals surface area contributed by atoms with E-state index in [-0.39, 0.29) is 21.8 Å². The molecule has 0 aliphatic rings. The number of hydrogen-bond acceptors (Lipinski definition) is 4. The molecule has 0 aliphatic carbocycles. The van der Waals surface area contributed by atoms with Crippen LogP contribution in [0.3, 0.4) is 0 Å². The number of sulfone groups is 1. The summed E-state index contributed by atoms with van der Waals surface area (Å²) in [4.78, 5) is 12.3. The first-order valence-corrected chi connectivity index (χ1v) is 10.9. The number of anilines is 1. The zero-order valence-corrected chi connectivity index (χ0v) is 18.2. The molecule has 2 aromatic rings. The van der Waals surface area contributed by atoms with E-state index in [1.807, 2.05) is 0 Å².